The van der Waals surface area contributed by atoms with Crippen LogP contribution in [0.4, 0.5) is 5.69 Å². The van der Waals surface area contributed by atoms with Crippen molar-refractivity contribution in [3.05, 3.63) is 65.2 Å². The lowest BCUT2D eigenvalue weighted by Gasteiger charge is -2.15. The van der Waals surface area contributed by atoms with E-state index in [1.54, 1.807) is 0 Å². The smallest absolute Gasteiger partial charge is 0.0343 e. The number of fused-ring (bicyclic) bond motifs is 1. The Bertz CT molecular complexity index is 592. The third-order valence-electron chi connectivity index (χ3n) is 4.51. The molecule has 3 rings (SSSR count). The van der Waals surface area contributed by atoms with Gasteiger partial charge in [0, 0.05) is 18.8 Å². The minimum atomic E-state index is 0.601. The van der Waals surface area contributed by atoms with E-state index in [1.807, 2.05) is 0 Å². The van der Waals surface area contributed by atoms with Gasteiger partial charge in [-0.1, -0.05) is 43.3 Å². The van der Waals surface area contributed by atoms with Gasteiger partial charge in [0.2, 0.25) is 0 Å². The molecule has 1 aliphatic rings. The van der Waals surface area contributed by atoms with Crippen molar-refractivity contribution in [3.63, 3.8) is 0 Å². The molecular weight excluding hydrogens is 268 g/mol. The van der Waals surface area contributed by atoms with Gasteiger partial charge in [-0.2, -0.15) is 0 Å². The van der Waals surface area contributed by atoms with E-state index in [4.69, 9.17) is 0 Å². The SMILES string of the molecule is CC1CNCCc2ccc(NCCCc3ccccc3)cc21. The molecule has 2 nitrogen and oxygen atoms in total. The van der Waals surface area contributed by atoms with Crippen LogP contribution in [0.3, 0.4) is 0 Å². The molecule has 0 aromatic heterocycles. The third-order valence-corrected chi connectivity index (χ3v) is 4.51. The molecule has 2 N–H and O–H groups in total. The summed E-state index contributed by atoms with van der Waals surface area (Å²) in [7, 11) is 0. The lowest BCUT2D eigenvalue weighted by Crippen LogP contribution is -2.18. The highest BCUT2D eigenvalue weighted by Gasteiger charge is 2.14. The van der Waals surface area contributed by atoms with Crippen LogP contribution < -0.4 is 10.6 Å². The van der Waals surface area contributed by atoms with E-state index in [0.717, 1.165) is 38.9 Å². The normalized spacial score (nSPS) is 17.6. The molecule has 1 atom stereocenters. The van der Waals surface area contributed by atoms with Gasteiger partial charge in [0.1, 0.15) is 0 Å². The highest BCUT2D eigenvalue weighted by Crippen LogP contribution is 2.25. The molecule has 1 unspecified atom stereocenters. The van der Waals surface area contributed by atoms with Gasteiger partial charge in [-0.3, -0.25) is 0 Å². The van der Waals surface area contributed by atoms with Gasteiger partial charge in [-0.25, -0.2) is 0 Å². The Kier molecular flexibility index (Phi) is 5.12. The second-order valence-corrected chi connectivity index (χ2v) is 6.28. The van der Waals surface area contributed by atoms with Crippen molar-refractivity contribution in [1.29, 1.82) is 0 Å². The number of aryl methyl sites for hydroxylation is 1. The van der Waals surface area contributed by atoms with Crippen molar-refractivity contribution >= 4 is 5.69 Å². The van der Waals surface area contributed by atoms with Crippen molar-refractivity contribution in [2.24, 2.45) is 0 Å². The van der Waals surface area contributed by atoms with Crippen LogP contribution in [-0.4, -0.2) is 19.6 Å². The van der Waals surface area contributed by atoms with Crippen LogP contribution in [-0.2, 0) is 12.8 Å². The molecule has 116 valence electrons. The molecule has 2 heteroatoms. The summed E-state index contributed by atoms with van der Waals surface area (Å²) in [6.45, 7) is 5.53. The van der Waals surface area contributed by atoms with Gasteiger partial charge in [0.15, 0.2) is 0 Å². The number of hydrogen-bond acceptors (Lipinski definition) is 2. The summed E-state index contributed by atoms with van der Waals surface area (Å²) in [5.41, 5.74) is 5.71. The molecule has 0 bridgehead atoms. The largest absolute Gasteiger partial charge is 0.385 e. The Morgan fingerprint density at radius 3 is 2.86 bits per heavy atom. The van der Waals surface area contributed by atoms with E-state index in [-0.39, 0.29) is 0 Å². The van der Waals surface area contributed by atoms with Crippen LogP contribution in [0.2, 0.25) is 0 Å². The monoisotopic (exact) mass is 294 g/mol. The first-order valence-electron chi connectivity index (χ1n) is 8.44. The van der Waals surface area contributed by atoms with Crippen LogP contribution in [0.5, 0.6) is 0 Å². The molecule has 22 heavy (non-hydrogen) atoms. The maximum Gasteiger partial charge on any atom is 0.0343 e. The summed E-state index contributed by atoms with van der Waals surface area (Å²) in [5, 5.41) is 7.10. The minimum absolute atomic E-state index is 0.601. The van der Waals surface area contributed by atoms with Gasteiger partial charge in [-0.05, 0) is 60.5 Å². The molecule has 0 saturated heterocycles. The Hall–Kier alpha value is -1.80. The average Bonchev–Trinajstić information content (AvgIpc) is 2.74. The predicted octanol–water partition coefficient (Wildman–Crippen LogP) is 3.98. The Morgan fingerprint density at radius 1 is 1.14 bits per heavy atom. The first-order valence-corrected chi connectivity index (χ1v) is 8.44. The van der Waals surface area contributed by atoms with Gasteiger partial charge in [0.25, 0.3) is 0 Å². The zero-order valence-electron chi connectivity index (χ0n) is 13.4. The van der Waals surface area contributed by atoms with Gasteiger partial charge < -0.3 is 10.6 Å². The molecule has 0 fully saturated rings. The van der Waals surface area contributed by atoms with Gasteiger partial charge >= 0.3 is 0 Å². The second kappa shape index (κ2) is 7.46. The summed E-state index contributed by atoms with van der Waals surface area (Å²) >= 11 is 0. The summed E-state index contributed by atoms with van der Waals surface area (Å²) in [6, 6.07) is 17.6. The van der Waals surface area contributed by atoms with Crippen molar-refractivity contribution in [2.75, 3.05) is 25.0 Å². The molecule has 2 aromatic carbocycles. The first kappa shape index (κ1) is 15.1. The van der Waals surface area contributed by atoms with Crippen LogP contribution in [0.15, 0.2) is 48.5 Å². The summed E-state index contributed by atoms with van der Waals surface area (Å²) in [4.78, 5) is 0. The average molecular weight is 294 g/mol. The highest BCUT2D eigenvalue weighted by molar-refractivity contribution is 5.50. The molecule has 0 saturated carbocycles. The van der Waals surface area contributed by atoms with E-state index in [1.165, 1.54) is 22.4 Å². The Morgan fingerprint density at radius 2 is 2.00 bits per heavy atom. The van der Waals surface area contributed by atoms with E-state index in [0.29, 0.717) is 5.92 Å². The standard InChI is InChI=1S/C20H26N2/c1-16-15-21-13-11-18-9-10-19(14-20(16)18)22-12-5-8-17-6-3-2-4-7-17/h2-4,6-7,9-10,14,16,21-22H,5,8,11-13,15H2,1H3. The number of nitrogens with one attached hydrogen (secondary N) is 2. The fourth-order valence-electron chi connectivity index (χ4n) is 3.21. The van der Waals surface area contributed by atoms with E-state index >= 15 is 0 Å². The van der Waals surface area contributed by atoms with Crippen LogP contribution in [0.1, 0.15) is 36.0 Å². The molecule has 0 radical (unpaired) electrons. The maximum absolute atomic E-state index is 3.59. The highest BCUT2D eigenvalue weighted by atomic mass is 14.9. The molecule has 0 spiro atoms. The summed E-state index contributed by atoms with van der Waals surface area (Å²) < 4.78 is 0. The molecule has 2 aromatic rings. The lowest BCUT2D eigenvalue weighted by molar-refractivity contribution is 0.644. The second-order valence-electron chi connectivity index (χ2n) is 6.28. The fourth-order valence-corrected chi connectivity index (χ4v) is 3.21. The van der Waals surface area contributed by atoms with E-state index < -0.39 is 0 Å². The number of anilines is 1. The number of rotatable bonds is 5. The molecule has 1 aliphatic heterocycles. The predicted molar refractivity (Wildman–Crippen MR) is 94.7 cm³/mol. The molecular formula is C20H26N2. The minimum Gasteiger partial charge on any atom is -0.385 e. The number of benzene rings is 2. The van der Waals surface area contributed by atoms with Crippen molar-refractivity contribution in [3.8, 4) is 0 Å². The topological polar surface area (TPSA) is 24.1 Å². The van der Waals surface area contributed by atoms with Crippen LogP contribution in [0.25, 0.3) is 0 Å². The van der Waals surface area contributed by atoms with Gasteiger partial charge in [-0.15, -0.1) is 0 Å². The zero-order valence-corrected chi connectivity index (χ0v) is 13.4. The molecule has 0 amide bonds. The van der Waals surface area contributed by atoms with Crippen molar-refractivity contribution in [2.45, 2.75) is 32.1 Å². The Balaban J connectivity index is 1.55. The van der Waals surface area contributed by atoms with E-state index in [2.05, 4.69) is 66.1 Å². The molecule has 0 aliphatic carbocycles. The zero-order chi connectivity index (χ0) is 15.2. The van der Waals surface area contributed by atoms with Crippen LogP contribution in [0, 0.1) is 0 Å². The fraction of sp³-hybridized carbons (Fsp3) is 0.400. The Labute approximate surface area is 134 Å². The molecule has 1 heterocycles. The van der Waals surface area contributed by atoms with Crippen LogP contribution >= 0.6 is 0 Å². The number of hydrogen-bond donors (Lipinski definition) is 2. The van der Waals surface area contributed by atoms with Gasteiger partial charge in [0.05, 0.1) is 0 Å². The third kappa shape index (κ3) is 3.89. The van der Waals surface area contributed by atoms with Crippen molar-refractivity contribution in [1.82, 2.24) is 5.32 Å². The quantitative estimate of drug-likeness (QED) is 0.815. The summed E-state index contributed by atoms with van der Waals surface area (Å²) in [6.07, 6.45) is 3.45. The lowest BCUT2D eigenvalue weighted by atomic mass is 9.95. The van der Waals surface area contributed by atoms with E-state index in [9.17, 15) is 0 Å². The maximum atomic E-state index is 3.59. The van der Waals surface area contributed by atoms with Crippen molar-refractivity contribution < 1.29 is 0 Å². The summed E-state index contributed by atoms with van der Waals surface area (Å²) in [5.74, 6) is 0.601. The first-order chi connectivity index (χ1) is 10.8.